The minimum atomic E-state index is -5.13. The van der Waals surface area contributed by atoms with Gasteiger partial charge in [0.15, 0.2) is 5.78 Å². The van der Waals surface area contributed by atoms with Crippen molar-refractivity contribution in [3.05, 3.63) is 93.9 Å². The van der Waals surface area contributed by atoms with Crippen molar-refractivity contribution in [3.63, 3.8) is 0 Å². The molecule has 49 heavy (non-hydrogen) atoms. The lowest BCUT2D eigenvalue weighted by atomic mass is 9.80. The van der Waals surface area contributed by atoms with Gasteiger partial charge in [-0.3, -0.25) is 24.5 Å². The maximum Gasteiger partial charge on any atom is 0.471 e. The Labute approximate surface area is 276 Å². The molecule has 0 saturated carbocycles. The fourth-order valence-corrected chi connectivity index (χ4v) is 4.61. The van der Waals surface area contributed by atoms with Crippen LogP contribution in [0.5, 0.6) is 0 Å². The van der Waals surface area contributed by atoms with Crippen molar-refractivity contribution >= 4 is 35.1 Å². The van der Waals surface area contributed by atoms with E-state index in [1.54, 1.807) is 35.6 Å². The molecule has 1 aromatic heterocycles. The molecule has 0 fully saturated rings. The number of anilines is 2. The van der Waals surface area contributed by atoms with Crippen LogP contribution >= 0.6 is 0 Å². The highest BCUT2D eigenvalue weighted by atomic mass is 19.4. The normalized spacial score (nSPS) is 12.3. The van der Waals surface area contributed by atoms with Gasteiger partial charge in [-0.2, -0.15) is 13.2 Å². The Hall–Kier alpha value is -5.15. The number of pyridine rings is 1. The molecule has 3 amide bonds. The van der Waals surface area contributed by atoms with Crippen molar-refractivity contribution in [1.29, 1.82) is 0 Å². The third-order valence-corrected chi connectivity index (χ3v) is 7.31. The zero-order valence-electron chi connectivity index (χ0n) is 26.4. The molecule has 10 nitrogen and oxygen atoms in total. The summed E-state index contributed by atoms with van der Waals surface area (Å²) in [4.78, 5) is 63.5. The number of alkyl halides is 6. The largest absolute Gasteiger partial charge is 0.471 e. The first-order valence-corrected chi connectivity index (χ1v) is 14.8. The molecule has 1 unspecified atom stereocenters. The van der Waals surface area contributed by atoms with Crippen LogP contribution in [0.3, 0.4) is 0 Å². The second-order valence-corrected chi connectivity index (χ2v) is 11.5. The molecule has 0 aliphatic carbocycles. The molecule has 1 atom stereocenters. The van der Waals surface area contributed by atoms with Gasteiger partial charge in [0.05, 0.1) is 6.04 Å². The van der Waals surface area contributed by atoms with Crippen LogP contribution in [-0.4, -0.2) is 60.5 Å². The van der Waals surface area contributed by atoms with Crippen LogP contribution in [0.1, 0.15) is 30.5 Å². The van der Waals surface area contributed by atoms with Crippen LogP contribution in [-0.2, 0) is 38.7 Å². The average molecular weight is 697 g/mol. The SMILES string of the molecule is CC(C)C(NC(=O)Cn1cc(Cc2cccc(NC(=O)C(F)(F)F)c2)cc(NC(=O)OCc2ccccc2)c1=O)C(=O)C(CF)(CF)CF. The quantitative estimate of drug-likeness (QED) is 0.185. The van der Waals surface area contributed by atoms with Gasteiger partial charge >= 0.3 is 18.2 Å². The number of ketones is 1. The van der Waals surface area contributed by atoms with Crippen LogP contribution < -0.4 is 21.5 Å². The van der Waals surface area contributed by atoms with E-state index in [-0.39, 0.29) is 30.0 Å². The molecule has 3 rings (SSSR count). The minimum Gasteiger partial charge on any atom is -0.444 e. The molecule has 0 bridgehead atoms. The van der Waals surface area contributed by atoms with Crippen molar-refractivity contribution in [3.8, 4) is 0 Å². The van der Waals surface area contributed by atoms with E-state index in [0.717, 1.165) is 4.57 Å². The Bertz CT molecular complexity index is 1680. The summed E-state index contributed by atoms with van der Waals surface area (Å²) in [5.74, 6) is -5.09. The molecule has 3 N–H and O–H groups in total. The molecule has 1 heterocycles. The highest BCUT2D eigenvalue weighted by Gasteiger charge is 2.44. The number of carbonyl (C=O) groups excluding carboxylic acids is 4. The van der Waals surface area contributed by atoms with Gasteiger partial charge in [0.2, 0.25) is 5.91 Å². The fourth-order valence-electron chi connectivity index (χ4n) is 4.61. The number of ether oxygens (including phenoxy) is 1. The molecule has 3 aromatic rings. The Balaban J connectivity index is 1.92. The lowest BCUT2D eigenvalue weighted by Crippen LogP contribution is -2.54. The number of benzene rings is 2. The van der Waals surface area contributed by atoms with Gasteiger partial charge in [-0.25, -0.2) is 18.0 Å². The number of aromatic nitrogens is 1. The first kappa shape index (κ1) is 38.3. The van der Waals surface area contributed by atoms with E-state index in [4.69, 9.17) is 4.74 Å². The Morgan fingerprint density at radius 2 is 1.47 bits per heavy atom. The number of amides is 3. The number of hydrogen-bond donors (Lipinski definition) is 3. The van der Waals surface area contributed by atoms with E-state index in [1.165, 1.54) is 50.4 Å². The predicted octanol–water partition coefficient (Wildman–Crippen LogP) is 5.29. The van der Waals surface area contributed by atoms with Crippen LogP contribution in [0.25, 0.3) is 0 Å². The summed E-state index contributed by atoms with van der Waals surface area (Å²) in [7, 11) is 0. The average Bonchev–Trinajstić information content (AvgIpc) is 3.06. The lowest BCUT2D eigenvalue weighted by Gasteiger charge is -2.30. The fraction of sp³-hybridized carbons (Fsp3) is 0.364. The highest BCUT2D eigenvalue weighted by Crippen LogP contribution is 2.26. The van der Waals surface area contributed by atoms with Crippen LogP contribution in [0, 0.1) is 11.3 Å². The summed E-state index contributed by atoms with van der Waals surface area (Å²) in [6.45, 7) is -2.93. The van der Waals surface area contributed by atoms with Crippen LogP contribution in [0.2, 0.25) is 0 Å². The number of Topliss-reactive ketones (excluding diaryl/α,β-unsaturated/α-hetero) is 1. The first-order valence-electron chi connectivity index (χ1n) is 14.8. The van der Waals surface area contributed by atoms with Crippen molar-refractivity contribution < 1.29 is 50.3 Å². The summed E-state index contributed by atoms with van der Waals surface area (Å²) in [5, 5.41) is 6.36. The summed E-state index contributed by atoms with van der Waals surface area (Å²) in [6.07, 6.45) is -5.03. The standard InChI is InChI=1S/C33H34F6N4O6/c1-20(2)27(28(45)32(17-34,18-35)19-36)42-26(44)15-43-14-23(11-22-9-6-10-24(12-22)40-30(47)33(37,38)39)13-25(29(43)46)41-31(48)49-16-21-7-4-3-5-8-21/h3-10,12-14,20,27H,11,15-19H2,1-2H3,(H,40,47)(H,41,48)(H,42,44). The number of halogens is 6. The molecule has 0 saturated heterocycles. The van der Waals surface area contributed by atoms with Gasteiger partial charge in [0.1, 0.15) is 44.3 Å². The van der Waals surface area contributed by atoms with Crippen molar-refractivity contribution in [1.82, 2.24) is 9.88 Å². The zero-order valence-corrected chi connectivity index (χ0v) is 26.4. The van der Waals surface area contributed by atoms with Crippen LogP contribution in [0.4, 0.5) is 42.5 Å². The van der Waals surface area contributed by atoms with Crippen LogP contribution in [0.15, 0.2) is 71.7 Å². The summed E-state index contributed by atoms with van der Waals surface area (Å²) < 4.78 is 85.2. The smallest absolute Gasteiger partial charge is 0.444 e. The molecule has 16 heteroatoms. The van der Waals surface area contributed by atoms with Gasteiger partial charge < -0.3 is 19.9 Å². The molecule has 264 valence electrons. The van der Waals surface area contributed by atoms with E-state index in [1.807, 2.05) is 0 Å². The minimum absolute atomic E-state index is 0.0789. The van der Waals surface area contributed by atoms with Gasteiger partial charge in [0.25, 0.3) is 5.56 Å². The van der Waals surface area contributed by atoms with Gasteiger partial charge in [-0.05, 0) is 47.2 Å². The number of carbonyl (C=O) groups is 4. The molecule has 2 aromatic carbocycles. The highest BCUT2D eigenvalue weighted by molar-refractivity contribution is 5.95. The number of rotatable bonds is 15. The Morgan fingerprint density at radius 1 is 0.837 bits per heavy atom. The predicted molar refractivity (Wildman–Crippen MR) is 167 cm³/mol. The Kier molecular flexibility index (Phi) is 13.1. The number of hydrogen-bond acceptors (Lipinski definition) is 6. The van der Waals surface area contributed by atoms with E-state index in [9.17, 15) is 50.3 Å². The monoisotopic (exact) mass is 696 g/mol. The van der Waals surface area contributed by atoms with Gasteiger partial charge in [-0.15, -0.1) is 0 Å². The van der Waals surface area contributed by atoms with E-state index in [2.05, 4.69) is 10.6 Å². The topological polar surface area (TPSA) is 136 Å². The molecule has 0 aliphatic rings. The van der Waals surface area contributed by atoms with Crippen molar-refractivity contribution in [2.45, 2.75) is 45.6 Å². The lowest BCUT2D eigenvalue weighted by molar-refractivity contribution is -0.167. The molecule has 0 aliphatic heterocycles. The van der Waals surface area contributed by atoms with E-state index < -0.39 is 79.4 Å². The third kappa shape index (κ3) is 10.4. The first-order chi connectivity index (χ1) is 23.1. The zero-order chi connectivity index (χ0) is 36.4. The van der Waals surface area contributed by atoms with Crippen molar-refractivity contribution in [2.75, 3.05) is 30.7 Å². The second kappa shape index (κ2) is 16.8. The maximum atomic E-state index is 13.6. The van der Waals surface area contributed by atoms with Crippen molar-refractivity contribution in [2.24, 2.45) is 11.3 Å². The van der Waals surface area contributed by atoms with E-state index in [0.29, 0.717) is 11.1 Å². The van der Waals surface area contributed by atoms with E-state index >= 15 is 0 Å². The second-order valence-electron chi connectivity index (χ2n) is 11.5. The summed E-state index contributed by atoms with van der Waals surface area (Å²) >= 11 is 0. The summed E-state index contributed by atoms with van der Waals surface area (Å²) in [5.41, 5.74) is -2.78. The third-order valence-electron chi connectivity index (χ3n) is 7.31. The number of nitrogens with zero attached hydrogens (tertiary/aromatic N) is 1. The number of nitrogens with one attached hydrogen (secondary N) is 3. The van der Waals surface area contributed by atoms with Gasteiger partial charge in [0, 0.05) is 11.9 Å². The molecule has 0 radical (unpaired) electrons. The summed E-state index contributed by atoms with van der Waals surface area (Å²) in [6, 6.07) is 13.7. The molecular formula is C33H34F6N4O6. The Morgan fingerprint density at radius 3 is 2.06 bits per heavy atom. The maximum absolute atomic E-state index is 13.6. The molecule has 0 spiro atoms. The van der Waals surface area contributed by atoms with Gasteiger partial charge in [-0.1, -0.05) is 56.3 Å². The molecular weight excluding hydrogens is 662 g/mol.